The summed E-state index contributed by atoms with van der Waals surface area (Å²) in [5.41, 5.74) is 6.89. The highest BCUT2D eigenvalue weighted by Gasteiger charge is 2.31. The largest absolute Gasteiger partial charge is 0.334 e. The Morgan fingerprint density at radius 3 is 2.67 bits per heavy atom. The minimum absolute atomic E-state index is 0.0503. The standard InChI is InChI=1S/C29H35N9O/c1-19-12-20(24-14-26(31-18-30-24)33-27-13-22-17-35(5)10-11-37(22)34-27)6-7-21(19)16-36-9-8-25-23(28(36)39)15-32-38(25)29(2,3)4/h6-7,12-15,18H,8-11,16-17H2,1-5H3,(H,30,31,33,34). The van der Waals surface area contributed by atoms with Crippen molar-refractivity contribution in [3.63, 3.8) is 0 Å². The maximum Gasteiger partial charge on any atom is 0.257 e. The smallest absolute Gasteiger partial charge is 0.257 e. The van der Waals surface area contributed by atoms with Gasteiger partial charge in [-0.1, -0.05) is 12.1 Å². The van der Waals surface area contributed by atoms with Crippen LogP contribution in [0.5, 0.6) is 0 Å². The van der Waals surface area contributed by atoms with E-state index in [0.29, 0.717) is 18.9 Å². The molecule has 10 heteroatoms. The van der Waals surface area contributed by atoms with Gasteiger partial charge < -0.3 is 10.2 Å². The lowest BCUT2D eigenvalue weighted by atomic mass is 10.0. The third-order valence-corrected chi connectivity index (χ3v) is 7.55. The van der Waals surface area contributed by atoms with Crippen LogP contribution < -0.4 is 5.32 Å². The van der Waals surface area contributed by atoms with E-state index < -0.39 is 0 Å². The number of anilines is 2. The molecule has 3 aromatic heterocycles. The first-order valence-corrected chi connectivity index (χ1v) is 13.5. The van der Waals surface area contributed by atoms with Gasteiger partial charge in [0, 0.05) is 50.3 Å². The molecular formula is C29H35N9O. The molecule has 1 N–H and O–H groups in total. The molecule has 2 aliphatic rings. The Bertz CT molecular complexity index is 1540. The maximum atomic E-state index is 13.3. The number of hydrogen-bond donors (Lipinski definition) is 1. The number of fused-ring (bicyclic) bond motifs is 2. The fourth-order valence-corrected chi connectivity index (χ4v) is 5.45. The molecule has 5 heterocycles. The summed E-state index contributed by atoms with van der Waals surface area (Å²) in [4.78, 5) is 26.4. The molecule has 6 rings (SSSR count). The Morgan fingerprint density at radius 2 is 1.87 bits per heavy atom. The fourth-order valence-electron chi connectivity index (χ4n) is 5.45. The molecule has 0 atom stereocenters. The van der Waals surface area contributed by atoms with Crippen LogP contribution >= 0.6 is 0 Å². The van der Waals surface area contributed by atoms with Gasteiger partial charge >= 0.3 is 0 Å². The first kappa shape index (κ1) is 25.2. The predicted molar refractivity (Wildman–Crippen MR) is 150 cm³/mol. The molecule has 4 aromatic rings. The van der Waals surface area contributed by atoms with E-state index in [1.54, 1.807) is 12.5 Å². The summed E-state index contributed by atoms with van der Waals surface area (Å²) in [5, 5.41) is 12.5. The molecule has 39 heavy (non-hydrogen) atoms. The minimum Gasteiger partial charge on any atom is -0.334 e. The van der Waals surface area contributed by atoms with Crippen LogP contribution in [0.2, 0.25) is 0 Å². The summed E-state index contributed by atoms with van der Waals surface area (Å²) in [6.07, 6.45) is 4.11. The van der Waals surface area contributed by atoms with Gasteiger partial charge in [-0.15, -0.1) is 0 Å². The van der Waals surface area contributed by atoms with Gasteiger partial charge in [-0.2, -0.15) is 10.2 Å². The molecule has 0 saturated heterocycles. The van der Waals surface area contributed by atoms with Crippen LogP contribution in [-0.4, -0.2) is 65.4 Å². The van der Waals surface area contributed by atoms with Crippen molar-refractivity contribution in [2.24, 2.45) is 0 Å². The number of carbonyl (C=O) groups excluding carboxylic acids is 1. The zero-order valence-electron chi connectivity index (χ0n) is 23.3. The molecule has 0 aliphatic carbocycles. The van der Waals surface area contributed by atoms with Crippen LogP contribution in [0.1, 0.15) is 53.6 Å². The highest BCUT2D eigenvalue weighted by molar-refractivity contribution is 5.96. The molecule has 0 saturated carbocycles. The quantitative estimate of drug-likeness (QED) is 0.421. The molecule has 0 bridgehead atoms. The van der Waals surface area contributed by atoms with Crippen molar-refractivity contribution in [1.29, 1.82) is 0 Å². The number of carbonyl (C=O) groups is 1. The van der Waals surface area contributed by atoms with E-state index in [1.807, 2.05) is 15.6 Å². The second kappa shape index (κ2) is 9.60. The van der Waals surface area contributed by atoms with Gasteiger partial charge in [0.05, 0.1) is 40.9 Å². The van der Waals surface area contributed by atoms with E-state index in [4.69, 9.17) is 0 Å². The van der Waals surface area contributed by atoms with Crippen molar-refractivity contribution in [3.05, 3.63) is 70.9 Å². The molecular weight excluding hydrogens is 490 g/mol. The summed E-state index contributed by atoms with van der Waals surface area (Å²) >= 11 is 0. The number of nitrogens with one attached hydrogen (secondary N) is 1. The summed E-state index contributed by atoms with van der Waals surface area (Å²) in [6.45, 7) is 12.5. The minimum atomic E-state index is -0.145. The number of nitrogens with zero attached hydrogens (tertiary/aromatic N) is 8. The Morgan fingerprint density at radius 1 is 1.03 bits per heavy atom. The Kier molecular flexibility index (Phi) is 6.22. The highest BCUT2D eigenvalue weighted by Crippen LogP contribution is 2.28. The Labute approximate surface area is 228 Å². The average molecular weight is 526 g/mol. The molecule has 0 spiro atoms. The number of hydrogen-bond acceptors (Lipinski definition) is 7. The lowest BCUT2D eigenvalue weighted by molar-refractivity contribution is 0.0723. The topological polar surface area (TPSA) is 97.0 Å². The summed E-state index contributed by atoms with van der Waals surface area (Å²) < 4.78 is 4.04. The number of likely N-dealkylation sites (N-methyl/N-ethyl adjacent to an activating group) is 1. The third kappa shape index (κ3) is 4.92. The van der Waals surface area contributed by atoms with Gasteiger partial charge in [0.15, 0.2) is 5.82 Å². The van der Waals surface area contributed by atoms with Gasteiger partial charge in [-0.05, 0) is 51.9 Å². The number of benzene rings is 1. The van der Waals surface area contributed by atoms with Crippen LogP contribution in [0.25, 0.3) is 11.3 Å². The number of amides is 1. The zero-order chi connectivity index (χ0) is 27.3. The number of aromatic nitrogens is 6. The van der Waals surface area contributed by atoms with Crippen LogP contribution in [-0.2, 0) is 31.6 Å². The van der Waals surface area contributed by atoms with E-state index in [0.717, 1.165) is 65.5 Å². The molecule has 0 unspecified atom stereocenters. The second-order valence-corrected chi connectivity index (χ2v) is 11.6. The normalized spacial score (nSPS) is 15.8. The van der Waals surface area contributed by atoms with Crippen molar-refractivity contribution in [2.75, 3.05) is 25.5 Å². The van der Waals surface area contributed by atoms with Crippen LogP contribution in [0.3, 0.4) is 0 Å². The van der Waals surface area contributed by atoms with E-state index in [2.05, 4.69) is 94.1 Å². The lowest BCUT2D eigenvalue weighted by Crippen LogP contribution is -2.38. The monoisotopic (exact) mass is 525 g/mol. The van der Waals surface area contributed by atoms with E-state index in [9.17, 15) is 4.79 Å². The van der Waals surface area contributed by atoms with Gasteiger partial charge in [0.25, 0.3) is 5.91 Å². The molecule has 0 radical (unpaired) electrons. The summed E-state index contributed by atoms with van der Waals surface area (Å²) in [6, 6.07) is 10.3. The molecule has 2 aliphatic heterocycles. The predicted octanol–water partition coefficient (Wildman–Crippen LogP) is 3.99. The first-order chi connectivity index (χ1) is 18.7. The van der Waals surface area contributed by atoms with Gasteiger partial charge in [0.1, 0.15) is 12.1 Å². The Hall–Kier alpha value is -4.05. The summed E-state index contributed by atoms with van der Waals surface area (Å²) in [7, 11) is 2.12. The van der Waals surface area contributed by atoms with E-state index in [1.165, 1.54) is 5.69 Å². The van der Waals surface area contributed by atoms with Gasteiger partial charge in [-0.3, -0.25) is 19.1 Å². The van der Waals surface area contributed by atoms with Gasteiger partial charge in [0.2, 0.25) is 0 Å². The second-order valence-electron chi connectivity index (χ2n) is 11.6. The molecule has 1 aromatic carbocycles. The lowest BCUT2D eigenvalue weighted by Gasteiger charge is -2.30. The number of aryl methyl sites for hydroxylation is 1. The average Bonchev–Trinajstić information content (AvgIpc) is 3.51. The fraction of sp³-hybridized carbons (Fsp3) is 0.414. The molecule has 10 nitrogen and oxygen atoms in total. The third-order valence-electron chi connectivity index (χ3n) is 7.55. The zero-order valence-corrected chi connectivity index (χ0v) is 23.3. The van der Waals surface area contributed by atoms with Crippen molar-refractivity contribution >= 4 is 17.5 Å². The molecule has 0 fully saturated rings. The van der Waals surface area contributed by atoms with Crippen LogP contribution in [0.15, 0.2) is 42.9 Å². The van der Waals surface area contributed by atoms with Crippen molar-refractivity contribution in [3.8, 4) is 11.3 Å². The van der Waals surface area contributed by atoms with Crippen molar-refractivity contribution < 1.29 is 4.79 Å². The first-order valence-electron chi connectivity index (χ1n) is 13.5. The van der Waals surface area contributed by atoms with E-state index >= 15 is 0 Å². The van der Waals surface area contributed by atoms with Crippen LogP contribution in [0, 0.1) is 6.92 Å². The van der Waals surface area contributed by atoms with Crippen molar-refractivity contribution in [1.82, 2.24) is 39.3 Å². The summed E-state index contributed by atoms with van der Waals surface area (Å²) in [5.74, 6) is 1.55. The SMILES string of the molecule is Cc1cc(-c2cc(Nc3cc4n(n3)CCN(C)C4)ncn2)ccc1CN1CCc2c(cnn2C(C)(C)C)C1=O. The van der Waals surface area contributed by atoms with Gasteiger partial charge in [-0.25, -0.2) is 9.97 Å². The van der Waals surface area contributed by atoms with E-state index in [-0.39, 0.29) is 11.4 Å². The maximum absolute atomic E-state index is 13.3. The van der Waals surface area contributed by atoms with Crippen LogP contribution in [0.4, 0.5) is 11.6 Å². The highest BCUT2D eigenvalue weighted by atomic mass is 16.2. The number of rotatable bonds is 5. The van der Waals surface area contributed by atoms with Crippen molar-refractivity contribution in [2.45, 2.75) is 59.3 Å². The Balaban J connectivity index is 1.17. The molecule has 202 valence electrons. The molecule has 1 amide bonds.